The summed E-state index contributed by atoms with van der Waals surface area (Å²) in [7, 11) is 0. The van der Waals surface area contributed by atoms with Crippen LogP contribution in [0.3, 0.4) is 0 Å². The smallest absolute Gasteiger partial charge is 0.221 e. The molecule has 1 rings (SSSR count). The van der Waals surface area contributed by atoms with Gasteiger partial charge in [-0.25, -0.2) is 0 Å². The van der Waals surface area contributed by atoms with Gasteiger partial charge < -0.3 is 10.1 Å². The van der Waals surface area contributed by atoms with E-state index in [1.807, 2.05) is 6.92 Å². The topological polar surface area (TPSA) is 38.3 Å². The largest absolute Gasteiger partial charge is 0.379 e. The van der Waals surface area contributed by atoms with Crippen LogP contribution >= 0.6 is 15.9 Å². The lowest BCUT2D eigenvalue weighted by molar-refractivity contribution is -0.124. The molecule has 1 unspecified atom stereocenters. The maximum atomic E-state index is 11.3. The van der Waals surface area contributed by atoms with Gasteiger partial charge in [-0.3, -0.25) is 4.79 Å². The van der Waals surface area contributed by atoms with Crippen molar-refractivity contribution < 1.29 is 9.53 Å². The molecular weight excluding hydrogens is 234 g/mol. The highest BCUT2D eigenvalue weighted by atomic mass is 79.9. The van der Waals surface area contributed by atoms with E-state index >= 15 is 0 Å². The molecule has 0 radical (unpaired) electrons. The molecule has 0 aromatic rings. The minimum Gasteiger partial charge on any atom is -0.379 e. The molecule has 1 amide bonds. The van der Waals surface area contributed by atoms with Crippen LogP contribution < -0.4 is 5.32 Å². The van der Waals surface area contributed by atoms with Crippen molar-refractivity contribution in [3.05, 3.63) is 0 Å². The summed E-state index contributed by atoms with van der Waals surface area (Å²) >= 11 is 3.24. The van der Waals surface area contributed by atoms with Crippen LogP contribution in [0, 0.1) is 0 Å². The predicted molar refractivity (Wildman–Crippen MR) is 55.0 cm³/mol. The SMILES string of the molecule is CC1(NC(=O)CCBr)CCCOC1. The van der Waals surface area contributed by atoms with Gasteiger partial charge in [-0.2, -0.15) is 0 Å². The van der Waals surface area contributed by atoms with Crippen LogP contribution in [0.2, 0.25) is 0 Å². The molecule has 0 aliphatic carbocycles. The molecule has 0 aromatic heterocycles. The molecule has 1 fully saturated rings. The Labute approximate surface area is 87.3 Å². The standard InChI is InChI=1S/C9H16BrNO2/c1-9(4-2-6-13-7-9)11-8(12)3-5-10/h2-7H2,1H3,(H,11,12). The van der Waals surface area contributed by atoms with Crippen LogP contribution in [0.25, 0.3) is 0 Å². The highest BCUT2D eigenvalue weighted by Crippen LogP contribution is 2.18. The van der Waals surface area contributed by atoms with E-state index in [9.17, 15) is 4.79 Å². The predicted octanol–water partition coefficient (Wildman–Crippen LogP) is 1.46. The van der Waals surface area contributed by atoms with Crippen LogP contribution in [-0.4, -0.2) is 30.0 Å². The average Bonchev–Trinajstić information content (AvgIpc) is 2.04. The van der Waals surface area contributed by atoms with Gasteiger partial charge in [0.1, 0.15) is 0 Å². The number of nitrogens with one attached hydrogen (secondary N) is 1. The van der Waals surface area contributed by atoms with E-state index in [-0.39, 0.29) is 11.4 Å². The first kappa shape index (κ1) is 11.0. The third-order valence-corrected chi connectivity index (χ3v) is 2.60. The van der Waals surface area contributed by atoms with Crippen molar-refractivity contribution in [1.82, 2.24) is 5.32 Å². The van der Waals surface area contributed by atoms with Gasteiger partial charge >= 0.3 is 0 Å². The van der Waals surface area contributed by atoms with Crippen LogP contribution in [0.4, 0.5) is 0 Å². The summed E-state index contributed by atoms with van der Waals surface area (Å²) in [6.07, 6.45) is 2.59. The molecule has 76 valence electrons. The van der Waals surface area contributed by atoms with E-state index in [1.165, 1.54) is 0 Å². The van der Waals surface area contributed by atoms with E-state index < -0.39 is 0 Å². The molecule has 0 spiro atoms. The number of alkyl halides is 1. The lowest BCUT2D eigenvalue weighted by Gasteiger charge is -2.34. The normalized spacial score (nSPS) is 28.5. The highest BCUT2D eigenvalue weighted by Gasteiger charge is 2.28. The fourth-order valence-electron chi connectivity index (χ4n) is 1.52. The zero-order valence-electron chi connectivity index (χ0n) is 7.94. The van der Waals surface area contributed by atoms with Gasteiger partial charge in [0.2, 0.25) is 5.91 Å². The van der Waals surface area contributed by atoms with Gasteiger partial charge in [-0.05, 0) is 19.8 Å². The van der Waals surface area contributed by atoms with Crippen molar-refractivity contribution in [2.75, 3.05) is 18.5 Å². The Kier molecular flexibility index (Phi) is 4.19. The fourth-order valence-corrected chi connectivity index (χ4v) is 1.88. The van der Waals surface area contributed by atoms with Crippen LogP contribution in [0.5, 0.6) is 0 Å². The third-order valence-electron chi connectivity index (χ3n) is 2.20. The van der Waals surface area contributed by atoms with E-state index in [4.69, 9.17) is 4.74 Å². The minimum absolute atomic E-state index is 0.102. The molecule has 1 saturated heterocycles. The molecule has 1 aliphatic heterocycles. The zero-order chi connectivity index (χ0) is 9.73. The summed E-state index contributed by atoms with van der Waals surface area (Å²) in [5.41, 5.74) is -0.141. The Bertz CT molecular complexity index is 178. The lowest BCUT2D eigenvalue weighted by Crippen LogP contribution is -2.51. The molecule has 1 N–H and O–H groups in total. The molecule has 1 atom stereocenters. The van der Waals surface area contributed by atoms with Crippen LogP contribution in [0.1, 0.15) is 26.2 Å². The van der Waals surface area contributed by atoms with Gasteiger partial charge in [0.05, 0.1) is 12.1 Å². The molecule has 4 heteroatoms. The summed E-state index contributed by atoms with van der Waals surface area (Å²) in [6.45, 7) is 3.50. The minimum atomic E-state index is -0.141. The quantitative estimate of drug-likeness (QED) is 0.770. The number of carbonyl (C=O) groups is 1. The van der Waals surface area contributed by atoms with Gasteiger partial charge in [-0.1, -0.05) is 15.9 Å². The Hall–Kier alpha value is -0.0900. The Morgan fingerprint density at radius 1 is 1.69 bits per heavy atom. The molecule has 1 aliphatic rings. The zero-order valence-corrected chi connectivity index (χ0v) is 9.52. The first-order valence-corrected chi connectivity index (χ1v) is 5.73. The molecular formula is C9H16BrNO2. The Balaban J connectivity index is 2.36. The van der Waals surface area contributed by atoms with Crippen molar-refractivity contribution in [3.8, 4) is 0 Å². The Morgan fingerprint density at radius 3 is 3.00 bits per heavy atom. The second-order valence-corrected chi connectivity index (χ2v) is 4.50. The first-order chi connectivity index (χ1) is 6.16. The molecule has 3 nitrogen and oxygen atoms in total. The Morgan fingerprint density at radius 2 is 2.46 bits per heavy atom. The third kappa shape index (κ3) is 3.65. The van der Waals surface area contributed by atoms with Gasteiger partial charge in [0.25, 0.3) is 0 Å². The molecule has 0 saturated carbocycles. The molecule has 0 bridgehead atoms. The first-order valence-electron chi connectivity index (χ1n) is 4.61. The number of halogens is 1. The van der Waals surface area contributed by atoms with Crippen molar-refractivity contribution in [2.45, 2.75) is 31.7 Å². The maximum Gasteiger partial charge on any atom is 0.221 e. The van der Waals surface area contributed by atoms with Gasteiger partial charge in [0.15, 0.2) is 0 Å². The van der Waals surface area contributed by atoms with E-state index in [2.05, 4.69) is 21.2 Å². The summed E-state index contributed by atoms with van der Waals surface area (Å²) in [4.78, 5) is 11.3. The summed E-state index contributed by atoms with van der Waals surface area (Å²) in [5.74, 6) is 0.102. The number of hydrogen-bond donors (Lipinski definition) is 1. The number of amides is 1. The summed E-state index contributed by atoms with van der Waals surface area (Å²) in [6, 6.07) is 0. The summed E-state index contributed by atoms with van der Waals surface area (Å²) in [5, 5.41) is 3.72. The second kappa shape index (κ2) is 4.96. The molecule has 0 aromatic carbocycles. The average molecular weight is 250 g/mol. The second-order valence-electron chi connectivity index (χ2n) is 3.70. The van der Waals surface area contributed by atoms with Crippen molar-refractivity contribution in [1.29, 1.82) is 0 Å². The summed E-state index contributed by atoms with van der Waals surface area (Å²) < 4.78 is 5.34. The van der Waals surface area contributed by atoms with Crippen LogP contribution in [0.15, 0.2) is 0 Å². The number of carbonyl (C=O) groups excluding carboxylic acids is 1. The van der Waals surface area contributed by atoms with E-state index in [0.29, 0.717) is 13.0 Å². The molecule has 1 heterocycles. The number of rotatable bonds is 3. The van der Waals surface area contributed by atoms with Gasteiger partial charge in [0, 0.05) is 18.4 Å². The van der Waals surface area contributed by atoms with Crippen molar-refractivity contribution in [2.24, 2.45) is 0 Å². The monoisotopic (exact) mass is 249 g/mol. The van der Waals surface area contributed by atoms with Crippen LogP contribution in [-0.2, 0) is 9.53 Å². The number of ether oxygens (including phenoxy) is 1. The van der Waals surface area contributed by atoms with E-state index in [1.54, 1.807) is 0 Å². The van der Waals surface area contributed by atoms with E-state index in [0.717, 1.165) is 24.8 Å². The molecule has 13 heavy (non-hydrogen) atoms. The fraction of sp³-hybridized carbons (Fsp3) is 0.889. The van der Waals surface area contributed by atoms with Crippen molar-refractivity contribution >= 4 is 21.8 Å². The highest BCUT2D eigenvalue weighted by molar-refractivity contribution is 9.09. The van der Waals surface area contributed by atoms with Crippen molar-refractivity contribution in [3.63, 3.8) is 0 Å². The lowest BCUT2D eigenvalue weighted by atomic mass is 9.95. The number of hydrogen-bond acceptors (Lipinski definition) is 2. The maximum absolute atomic E-state index is 11.3. The van der Waals surface area contributed by atoms with Gasteiger partial charge in [-0.15, -0.1) is 0 Å².